The summed E-state index contributed by atoms with van der Waals surface area (Å²) in [6.07, 6.45) is 1.71. The molecule has 1 aromatic heterocycles. The summed E-state index contributed by atoms with van der Waals surface area (Å²) in [5, 5.41) is 11.9. The van der Waals surface area contributed by atoms with Crippen LogP contribution in [0.15, 0.2) is 65.6 Å². The van der Waals surface area contributed by atoms with Crippen LogP contribution in [-0.4, -0.2) is 16.3 Å². The molecule has 0 spiro atoms. The fraction of sp³-hybridized carbons (Fsp3) is 0.118. The van der Waals surface area contributed by atoms with Crippen molar-refractivity contribution >= 4 is 10.8 Å². The fourth-order valence-corrected chi connectivity index (χ4v) is 2.22. The minimum atomic E-state index is -0.0659. The fourth-order valence-electron chi connectivity index (χ4n) is 2.22. The van der Waals surface area contributed by atoms with Crippen molar-refractivity contribution in [2.75, 3.05) is 6.61 Å². The van der Waals surface area contributed by atoms with Gasteiger partial charge in [-0.25, -0.2) is 0 Å². The van der Waals surface area contributed by atoms with Gasteiger partial charge in [0.05, 0.1) is 6.54 Å². The zero-order valence-electron chi connectivity index (χ0n) is 11.4. The molecule has 0 fully saturated rings. The van der Waals surface area contributed by atoms with Crippen molar-refractivity contribution in [1.82, 2.24) is 4.57 Å². The molecule has 2 aromatic carbocycles. The Morgan fingerprint density at radius 2 is 1.71 bits per heavy atom. The number of hydrogen-bond acceptors (Lipinski definition) is 3. The predicted octanol–water partition coefficient (Wildman–Crippen LogP) is 2.79. The first-order valence-electron chi connectivity index (χ1n) is 6.74. The van der Waals surface area contributed by atoms with Gasteiger partial charge in [-0.15, -0.1) is 0 Å². The van der Waals surface area contributed by atoms with Crippen LogP contribution in [0.25, 0.3) is 10.8 Å². The van der Waals surface area contributed by atoms with E-state index in [9.17, 15) is 9.90 Å². The molecule has 0 saturated heterocycles. The predicted molar refractivity (Wildman–Crippen MR) is 81.8 cm³/mol. The third-order valence-corrected chi connectivity index (χ3v) is 3.32. The molecule has 0 atom stereocenters. The van der Waals surface area contributed by atoms with E-state index in [0.717, 1.165) is 10.8 Å². The highest BCUT2D eigenvalue weighted by Gasteiger charge is 2.05. The van der Waals surface area contributed by atoms with E-state index in [0.29, 0.717) is 18.9 Å². The van der Waals surface area contributed by atoms with Gasteiger partial charge in [-0.3, -0.25) is 4.79 Å². The average Bonchev–Trinajstić information content (AvgIpc) is 2.49. The number of fused-ring (bicyclic) bond motifs is 1. The number of benzene rings is 2. The first-order chi connectivity index (χ1) is 10.2. The third kappa shape index (κ3) is 2.89. The van der Waals surface area contributed by atoms with Crippen LogP contribution in [0.1, 0.15) is 0 Å². The van der Waals surface area contributed by atoms with Crippen molar-refractivity contribution in [3.05, 3.63) is 71.1 Å². The van der Waals surface area contributed by atoms with E-state index in [1.807, 2.05) is 24.3 Å². The van der Waals surface area contributed by atoms with Gasteiger partial charge in [0.1, 0.15) is 6.61 Å². The number of aromatic hydroxyl groups is 1. The molecule has 106 valence electrons. The van der Waals surface area contributed by atoms with Gasteiger partial charge in [0.2, 0.25) is 0 Å². The van der Waals surface area contributed by atoms with E-state index in [1.165, 1.54) is 6.07 Å². The Kier molecular flexibility index (Phi) is 3.60. The summed E-state index contributed by atoms with van der Waals surface area (Å²) in [5.41, 5.74) is -0.0659. The average molecular weight is 281 g/mol. The molecule has 1 N–H and O–H groups in total. The highest BCUT2D eigenvalue weighted by molar-refractivity contribution is 5.85. The van der Waals surface area contributed by atoms with Crippen LogP contribution in [0.3, 0.4) is 0 Å². The van der Waals surface area contributed by atoms with E-state index in [4.69, 9.17) is 4.74 Å². The number of nitrogens with zero attached hydrogens (tertiary/aromatic N) is 1. The molecule has 0 saturated carbocycles. The van der Waals surface area contributed by atoms with Crippen molar-refractivity contribution in [3.8, 4) is 11.5 Å². The Hall–Kier alpha value is -2.75. The molecule has 0 radical (unpaired) electrons. The molecule has 21 heavy (non-hydrogen) atoms. The van der Waals surface area contributed by atoms with Gasteiger partial charge in [0.25, 0.3) is 5.56 Å². The van der Waals surface area contributed by atoms with E-state index < -0.39 is 0 Å². The largest absolute Gasteiger partial charge is 0.504 e. The number of aromatic nitrogens is 1. The second-order valence-corrected chi connectivity index (χ2v) is 4.75. The molecule has 0 amide bonds. The van der Waals surface area contributed by atoms with E-state index in [1.54, 1.807) is 35.0 Å². The van der Waals surface area contributed by atoms with Crippen LogP contribution >= 0.6 is 0 Å². The summed E-state index contributed by atoms with van der Waals surface area (Å²) in [6.45, 7) is 0.752. The van der Waals surface area contributed by atoms with Gasteiger partial charge in [-0.2, -0.15) is 0 Å². The zero-order valence-corrected chi connectivity index (χ0v) is 11.4. The van der Waals surface area contributed by atoms with Crippen molar-refractivity contribution < 1.29 is 9.84 Å². The summed E-state index contributed by atoms with van der Waals surface area (Å²) >= 11 is 0. The van der Waals surface area contributed by atoms with E-state index >= 15 is 0 Å². The summed E-state index contributed by atoms with van der Waals surface area (Å²) in [4.78, 5) is 11.6. The first kappa shape index (κ1) is 13.2. The molecule has 0 aliphatic heterocycles. The number of ether oxygens (including phenoxy) is 1. The van der Waals surface area contributed by atoms with Gasteiger partial charge < -0.3 is 14.4 Å². The lowest BCUT2D eigenvalue weighted by molar-refractivity contribution is 0.282. The maximum atomic E-state index is 11.6. The maximum Gasteiger partial charge on any atom is 0.250 e. The first-order valence-corrected chi connectivity index (χ1v) is 6.74. The second-order valence-electron chi connectivity index (χ2n) is 4.75. The summed E-state index contributed by atoms with van der Waals surface area (Å²) in [6, 6.07) is 16.2. The van der Waals surface area contributed by atoms with Crippen molar-refractivity contribution in [3.63, 3.8) is 0 Å². The Morgan fingerprint density at radius 3 is 2.48 bits per heavy atom. The maximum absolute atomic E-state index is 11.6. The number of phenolic OH excluding ortho intramolecular Hbond substituents is 1. The Balaban J connectivity index is 1.75. The van der Waals surface area contributed by atoms with Gasteiger partial charge in [0, 0.05) is 12.3 Å². The molecule has 0 unspecified atom stereocenters. The molecule has 3 aromatic rings. The molecule has 0 bridgehead atoms. The second kappa shape index (κ2) is 5.71. The number of hydrogen-bond donors (Lipinski definition) is 1. The third-order valence-electron chi connectivity index (χ3n) is 3.32. The van der Waals surface area contributed by atoms with Crippen LogP contribution in [-0.2, 0) is 6.54 Å². The highest BCUT2D eigenvalue weighted by atomic mass is 16.5. The standard InChI is InChI=1S/C17H15NO3/c19-15-11-13-5-1-2-6-14(13)12-16(15)21-10-9-18-8-4-3-7-17(18)20/h1-8,11-12,19H,9-10H2. The number of pyridine rings is 1. The van der Waals surface area contributed by atoms with Crippen molar-refractivity contribution in [1.29, 1.82) is 0 Å². The molecular weight excluding hydrogens is 266 g/mol. The van der Waals surface area contributed by atoms with Gasteiger partial charge in [0.15, 0.2) is 11.5 Å². The van der Waals surface area contributed by atoms with Crippen LogP contribution < -0.4 is 10.3 Å². The highest BCUT2D eigenvalue weighted by Crippen LogP contribution is 2.31. The molecule has 0 aliphatic rings. The minimum Gasteiger partial charge on any atom is -0.504 e. The molecule has 4 heteroatoms. The lowest BCUT2D eigenvalue weighted by Gasteiger charge is -2.10. The lowest BCUT2D eigenvalue weighted by atomic mass is 10.1. The monoisotopic (exact) mass is 281 g/mol. The Bertz CT molecular complexity index is 823. The molecular formula is C17H15NO3. The van der Waals surface area contributed by atoms with E-state index in [-0.39, 0.29) is 11.3 Å². The van der Waals surface area contributed by atoms with Crippen LogP contribution in [0.5, 0.6) is 11.5 Å². The Labute approximate surface area is 121 Å². The van der Waals surface area contributed by atoms with Crippen LogP contribution in [0, 0.1) is 0 Å². The molecule has 0 aliphatic carbocycles. The van der Waals surface area contributed by atoms with Crippen LogP contribution in [0.4, 0.5) is 0 Å². The summed E-state index contributed by atoms with van der Waals surface area (Å²) < 4.78 is 7.16. The van der Waals surface area contributed by atoms with Crippen molar-refractivity contribution in [2.45, 2.75) is 6.54 Å². The van der Waals surface area contributed by atoms with Crippen LogP contribution in [0.2, 0.25) is 0 Å². The summed E-state index contributed by atoms with van der Waals surface area (Å²) in [5.74, 6) is 0.534. The number of rotatable bonds is 4. The SMILES string of the molecule is O=c1ccccn1CCOc1cc2ccccc2cc1O. The van der Waals surface area contributed by atoms with Gasteiger partial charge >= 0.3 is 0 Å². The smallest absolute Gasteiger partial charge is 0.250 e. The van der Waals surface area contributed by atoms with E-state index in [2.05, 4.69) is 0 Å². The normalized spacial score (nSPS) is 10.7. The Morgan fingerprint density at radius 1 is 1.00 bits per heavy atom. The van der Waals surface area contributed by atoms with Gasteiger partial charge in [-0.05, 0) is 29.0 Å². The minimum absolute atomic E-state index is 0.0659. The lowest BCUT2D eigenvalue weighted by Crippen LogP contribution is -2.21. The zero-order chi connectivity index (χ0) is 14.7. The number of phenols is 1. The molecule has 4 nitrogen and oxygen atoms in total. The van der Waals surface area contributed by atoms with Crippen molar-refractivity contribution in [2.24, 2.45) is 0 Å². The van der Waals surface area contributed by atoms with Gasteiger partial charge in [-0.1, -0.05) is 30.3 Å². The topological polar surface area (TPSA) is 51.5 Å². The quantitative estimate of drug-likeness (QED) is 0.800. The molecule has 3 rings (SSSR count). The molecule has 1 heterocycles. The summed E-state index contributed by atoms with van der Waals surface area (Å²) in [7, 11) is 0.